The molecule has 0 aliphatic heterocycles. The Labute approximate surface area is 119 Å². The van der Waals surface area contributed by atoms with Gasteiger partial charge in [-0.05, 0) is 29.8 Å². The molecule has 7 nitrogen and oxygen atoms in total. The zero-order chi connectivity index (χ0) is 15.2. The van der Waals surface area contributed by atoms with Crippen LogP contribution in [-0.4, -0.2) is 16.1 Å². The molecule has 21 heavy (non-hydrogen) atoms. The van der Waals surface area contributed by atoms with Crippen LogP contribution in [0.1, 0.15) is 5.56 Å². The minimum Gasteiger partial charge on any atom is -0.508 e. The van der Waals surface area contributed by atoms with Crippen molar-refractivity contribution >= 4 is 11.8 Å². The van der Waals surface area contributed by atoms with E-state index in [4.69, 9.17) is 4.74 Å². The highest BCUT2D eigenvalue weighted by Crippen LogP contribution is 2.17. The van der Waals surface area contributed by atoms with E-state index in [9.17, 15) is 20.0 Å². The summed E-state index contributed by atoms with van der Waals surface area (Å²) in [6.07, 6.45) is -0.688. The molecule has 0 aromatic heterocycles. The number of nitrogens with zero attached hydrogens (tertiary/aromatic N) is 1. The molecule has 2 aromatic rings. The van der Waals surface area contributed by atoms with Crippen molar-refractivity contribution in [2.24, 2.45) is 0 Å². The second kappa shape index (κ2) is 6.38. The van der Waals surface area contributed by atoms with Crippen LogP contribution < -0.4 is 10.1 Å². The topological polar surface area (TPSA) is 102 Å². The van der Waals surface area contributed by atoms with E-state index in [-0.39, 0.29) is 23.7 Å². The van der Waals surface area contributed by atoms with Crippen molar-refractivity contribution in [3.63, 3.8) is 0 Å². The fourth-order valence-electron chi connectivity index (χ4n) is 1.62. The van der Waals surface area contributed by atoms with Crippen LogP contribution in [0.4, 0.5) is 10.5 Å². The van der Waals surface area contributed by atoms with Gasteiger partial charge >= 0.3 is 6.09 Å². The van der Waals surface area contributed by atoms with Crippen molar-refractivity contribution in [3.8, 4) is 11.5 Å². The SMILES string of the molecule is O=C(NCc1cccc(O)c1)Oc1ccc([N+](=O)[O-])cc1. The van der Waals surface area contributed by atoms with Crippen molar-refractivity contribution in [1.82, 2.24) is 5.32 Å². The third-order valence-corrected chi connectivity index (χ3v) is 2.61. The molecule has 0 saturated carbocycles. The van der Waals surface area contributed by atoms with E-state index in [1.54, 1.807) is 12.1 Å². The van der Waals surface area contributed by atoms with E-state index >= 15 is 0 Å². The van der Waals surface area contributed by atoms with Gasteiger partial charge < -0.3 is 15.2 Å². The summed E-state index contributed by atoms with van der Waals surface area (Å²) in [6, 6.07) is 11.6. The highest BCUT2D eigenvalue weighted by molar-refractivity contribution is 5.70. The molecule has 2 rings (SSSR count). The van der Waals surface area contributed by atoms with Crippen molar-refractivity contribution in [2.45, 2.75) is 6.54 Å². The largest absolute Gasteiger partial charge is 0.508 e. The number of nitro benzene ring substituents is 1. The lowest BCUT2D eigenvalue weighted by Crippen LogP contribution is -2.26. The zero-order valence-corrected chi connectivity index (χ0v) is 10.9. The van der Waals surface area contributed by atoms with Crippen LogP contribution in [0.5, 0.6) is 11.5 Å². The Bertz CT molecular complexity index is 655. The number of non-ortho nitro benzene ring substituents is 1. The number of amides is 1. The number of phenols is 1. The van der Waals surface area contributed by atoms with Crippen LogP contribution in [0, 0.1) is 10.1 Å². The summed E-state index contributed by atoms with van der Waals surface area (Å²) in [5.41, 5.74) is 0.637. The first-order chi connectivity index (χ1) is 10.0. The van der Waals surface area contributed by atoms with Crippen LogP contribution >= 0.6 is 0 Å². The quantitative estimate of drug-likeness (QED) is 0.665. The standard InChI is InChI=1S/C14H12N2O5/c17-12-3-1-2-10(8-12)9-15-14(18)21-13-6-4-11(5-7-13)16(19)20/h1-8,17H,9H2,(H,15,18). The van der Waals surface area contributed by atoms with Gasteiger partial charge in [-0.3, -0.25) is 10.1 Å². The summed E-state index contributed by atoms with van der Waals surface area (Å²) in [5, 5.41) is 22.3. The lowest BCUT2D eigenvalue weighted by atomic mass is 10.2. The van der Waals surface area contributed by atoms with Gasteiger partial charge in [-0.25, -0.2) is 4.79 Å². The molecule has 0 bridgehead atoms. The second-order valence-electron chi connectivity index (χ2n) is 4.16. The maximum Gasteiger partial charge on any atom is 0.412 e. The summed E-state index contributed by atoms with van der Waals surface area (Å²) in [7, 11) is 0. The Hall–Kier alpha value is -3.09. The molecule has 0 saturated heterocycles. The number of phenolic OH excluding ortho intramolecular Hbond substituents is 1. The van der Waals surface area contributed by atoms with Crippen LogP contribution in [-0.2, 0) is 6.54 Å². The molecule has 2 N–H and O–H groups in total. The van der Waals surface area contributed by atoms with Gasteiger partial charge in [0.2, 0.25) is 0 Å². The number of ether oxygens (including phenoxy) is 1. The number of rotatable bonds is 4. The lowest BCUT2D eigenvalue weighted by Gasteiger charge is -2.06. The van der Waals surface area contributed by atoms with Crippen molar-refractivity contribution in [2.75, 3.05) is 0 Å². The van der Waals surface area contributed by atoms with Gasteiger partial charge in [0.25, 0.3) is 5.69 Å². The Morgan fingerprint density at radius 2 is 1.95 bits per heavy atom. The summed E-state index contributed by atoms with van der Waals surface area (Å²) in [6.45, 7) is 0.195. The molecule has 2 aromatic carbocycles. The van der Waals surface area contributed by atoms with Crippen molar-refractivity contribution in [1.29, 1.82) is 0 Å². The molecule has 7 heteroatoms. The number of nitrogens with one attached hydrogen (secondary N) is 1. The first-order valence-corrected chi connectivity index (χ1v) is 6.02. The van der Waals surface area contributed by atoms with Gasteiger partial charge in [-0.15, -0.1) is 0 Å². The van der Waals surface area contributed by atoms with Gasteiger partial charge in [-0.2, -0.15) is 0 Å². The van der Waals surface area contributed by atoms with Crippen LogP contribution in [0.2, 0.25) is 0 Å². The first kappa shape index (κ1) is 14.3. The van der Waals surface area contributed by atoms with Crippen molar-refractivity contribution < 1.29 is 19.6 Å². The molecule has 0 unspecified atom stereocenters. The molecular formula is C14H12N2O5. The van der Waals surface area contributed by atoms with E-state index in [0.29, 0.717) is 0 Å². The first-order valence-electron chi connectivity index (χ1n) is 6.02. The zero-order valence-electron chi connectivity index (χ0n) is 10.9. The summed E-state index contributed by atoms with van der Waals surface area (Å²) < 4.78 is 4.97. The normalized spacial score (nSPS) is 9.90. The van der Waals surface area contributed by atoms with Crippen LogP contribution in [0.25, 0.3) is 0 Å². The third-order valence-electron chi connectivity index (χ3n) is 2.61. The molecule has 1 amide bonds. The Morgan fingerprint density at radius 3 is 2.57 bits per heavy atom. The number of hydrogen-bond donors (Lipinski definition) is 2. The molecule has 0 atom stereocenters. The van der Waals surface area contributed by atoms with Crippen LogP contribution in [0.3, 0.4) is 0 Å². The Balaban J connectivity index is 1.88. The fourth-order valence-corrected chi connectivity index (χ4v) is 1.62. The number of nitro groups is 1. The predicted octanol–water partition coefficient (Wildman–Crippen LogP) is 2.59. The van der Waals surface area contributed by atoms with Gasteiger partial charge in [-0.1, -0.05) is 12.1 Å². The number of carbonyl (C=O) groups excluding carboxylic acids is 1. The molecule has 0 heterocycles. The van der Waals surface area contributed by atoms with Gasteiger partial charge in [0.1, 0.15) is 11.5 Å². The average Bonchev–Trinajstić information content (AvgIpc) is 2.46. The second-order valence-corrected chi connectivity index (χ2v) is 4.16. The summed E-state index contributed by atoms with van der Waals surface area (Å²) in [4.78, 5) is 21.5. The monoisotopic (exact) mass is 288 g/mol. The number of hydrogen-bond acceptors (Lipinski definition) is 5. The molecule has 0 aliphatic carbocycles. The summed E-state index contributed by atoms with van der Waals surface area (Å²) >= 11 is 0. The average molecular weight is 288 g/mol. The molecule has 0 fully saturated rings. The predicted molar refractivity (Wildman–Crippen MR) is 74.1 cm³/mol. The van der Waals surface area contributed by atoms with Crippen molar-refractivity contribution in [3.05, 3.63) is 64.2 Å². The molecule has 0 spiro atoms. The smallest absolute Gasteiger partial charge is 0.412 e. The Kier molecular flexibility index (Phi) is 4.35. The molecule has 0 aliphatic rings. The van der Waals surface area contributed by atoms with E-state index in [0.717, 1.165) is 5.56 Å². The highest BCUT2D eigenvalue weighted by Gasteiger charge is 2.08. The fraction of sp³-hybridized carbons (Fsp3) is 0.0714. The highest BCUT2D eigenvalue weighted by atomic mass is 16.6. The van der Waals surface area contributed by atoms with E-state index in [1.165, 1.54) is 36.4 Å². The summed E-state index contributed by atoms with van der Waals surface area (Å²) in [5.74, 6) is 0.312. The maximum absolute atomic E-state index is 11.6. The minimum atomic E-state index is -0.688. The van der Waals surface area contributed by atoms with Gasteiger partial charge in [0.05, 0.1) is 4.92 Å². The Morgan fingerprint density at radius 1 is 1.24 bits per heavy atom. The van der Waals surface area contributed by atoms with E-state index < -0.39 is 11.0 Å². The van der Waals surface area contributed by atoms with Gasteiger partial charge in [0.15, 0.2) is 0 Å². The van der Waals surface area contributed by atoms with Gasteiger partial charge in [0, 0.05) is 18.7 Å². The number of carbonyl (C=O) groups is 1. The minimum absolute atomic E-state index is 0.0810. The lowest BCUT2D eigenvalue weighted by molar-refractivity contribution is -0.384. The number of aromatic hydroxyl groups is 1. The molecule has 0 radical (unpaired) electrons. The molecular weight excluding hydrogens is 276 g/mol. The maximum atomic E-state index is 11.6. The molecule has 108 valence electrons. The van der Waals surface area contributed by atoms with E-state index in [2.05, 4.69) is 5.32 Å². The number of benzene rings is 2. The third kappa shape index (κ3) is 4.20. The van der Waals surface area contributed by atoms with Crippen LogP contribution in [0.15, 0.2) is 48.5 Å². The van der Waals surface area contributed by atoms with E-state index in [1.807, 2.05) is 0 Å².